The van der Waals surface area contributed by atoms with Crippen molar-refractivity contribution in [3.63, 3.8) is 0 Å². The lowest BCUT2D eigenvalue weighted by atomic mass is 10.2. The normalized spacial score (nSPS) is 12.9. The molecule has 0 spiro atoms. The third kappa shape index (κ3) is 3.46. The van der Waals surface area contributed by atoms with Gasteiger partial charge in [-0.1, -0.05) is 29.3 Å². The zero-order valence-electron chi connectivity index (χ0n) is 7.93. The maximum Gasteiger partial charge on any atom is 0.0636 e. The van der Waals surface area contributed by atoms with Crippen LogP contribution in [0.2, 0.25) is 10.0 Å². The molecule has 14 heavy (non-hydrogen) atoms. The quantitative estimate of drug-likeness (QED) is 0.838. The SMILES string of the molecule is C[C@@H](O)CNCc1c(Cl)cccc1Cl. The van der Waals surface area contributed by atoms with Crippen LogP contribution < -0.4 is 5.32 Å². The van der Waals surface area contributed by atoms with Gasteiger partial charge < -0.3 is 10.4 Å². The minimum absolute atomic E-state index is 0.365. The van der Waals surface area contributed by atoms with E-state index in [0.717, 1.165) is 5.56 Å². The molecule has 0 saturated heterocycles. The second kappa shape index (κ2) is 5.56. The molecular formula is C10H13Cl2NO. The number of nitrogens with one attached hydrogen (secondary N) is 1. The van der Waals surface area contributed by atoms with Crippen LogP contribution in [-0.4, -0.2) is 17.8 Å². The fraction of sp³-hybridized carbons (Fsp3) is 0.400. The molecule has 1 rings (SSSR count). The highest BCUT2D eigenvalue weighted by Gasteiger charge is 2.04. The molecule has 78 valence electrons. The van der Waals surface area contributed by atoms with Crippen LogP contribution in [0.15, 0.2) is 18.2 Å². The highest BCUT2D eigenvalue weighted by atomic mass is 35.5. The number of hydrogen-bond donors (Lipinski definition) is 2. The lowest BCUT2D eigenvalue weighted by Crippen LogP contribution is -2.24. The van der Waals surface area contributed by atoms with Crippen molar-refractivity contribution < 1.29 is 5.11 Å². The summed E-state index contributed by atoms with van der Waals surface area (Å²) in [5, 5.41) is 13.4. The summed E-state index contributed by atoms with van der Waals surface area (Å²) in [6, 6.07) is 5.41. The average Bonchev–Trinajstić information content (AvgIpc) is 2.09. The number of halogens is 2. The van der Waals surface area contributed by atoms with Crippen LogP contribution in [0.5, 0.6) is 0 Å². The Kier molecular flexibility index (Phi) is 4.69. The Balaban J connectivity index is 2.58. The van der Waals surface area contributed by atoms with Crippen molar-refractivity contribution in [2.75, 3.05) is 6.54 Å². The Morgan fingerprint density at radius 2 is 1.93 bits per heavy atom. The topological polar surface area (TPSA) is 32.3 Å². The summed E-state index contributed by atoms with van der Waals surface area (Å²) in [6.07, 6.45) is -0.365. The van der Waals surface area contributed by atoms with E-state index in [-0.39, 0.29) is 6.10 Å². The fourth-order valence-electron chi connectivity index (χ4n) is 1.11. The van der Waals surface area contributed by atoms with Gasteiger partial charge in [-0.25, -0.2) is 0 Å². The van der Waals surface area contributed by atoms with Crippen molar-refractivity contribution in [3.8, 4) is 0 Å². The molecule has 0 aliphatic heterocycles. The number of aliphatic hydroxyl groups is 1. The first-order chi connectivity index (χ1) is 6.61. The molecule has 0 aliphatic rings. The zero-order valence-corrected chi connectivity index (χ0v) is 9.44. The van der Waals surface area contributed by atoms with Crippen LogP contribution in [0.4, 0.5) is 0 Å². The van der Waals surface area contributed by atoms with Crippen molar-refractivity contribution in [1.29, 1.82) is 0 Å². The van der Waals surface area contributed by atoms with Gasteiger partial charge in [-0.05, 0) is 19.1 Å². The summed E-state index contributed by atoms with van der Waals surface area (Å²) in [5.41, 5.74) is 0.872. The second-order valence-corrected chi connectivity index (χ2v) is 3.99. The maximum absolute atomic E-state index is 9.04. The number of benzene rings is 1. The molecule has 1 atom stereocenters. The molecule has 0 aliphatic carbocycles. The Morgan fingerprint density at radius 1 is 1.36 bits per heavy atom. The summed E-state index contributed by atoms with van der Waals surface area (Å²) in [7, 11) is 0. The summed E-state index contributed by atoms with van der Waals surface area (Å²) in [5.74, 6) is 0. The summed E-state index contributed by atoms with van der Waals surface area (Å²) in [4.78, 5) is 0. The molecule has 1 aromatic carbocycles. The summed E-state index contributed by atoms with van der Waals surface area (Å²) < 4.78 is 0. The first kappa shape index (κ1) is 11.8. The van der Waals surface area contributed by atoms with Crippen molar-refractivity contribution in [2.24, 2.45) is 0 Å². The van der Waals surface area contributed by atoms with E-state index in [4.69, 9.17) is 28.3 Å². The third-order valence-electron chi connectivity index (χ3n) is 1.80. The zero-order chi connectivity index (χ0) is 10.6. The van der Waals surface area contributed by atoms with E-state index in [1.807, 2.05) is 6.07 Å². The van der Waals surface area contributed by atoms with Gasteiger partial charge in [0, 0.05) is 28.7 Å². The highest BCUT2D eigenvalue weighted by molar-refractivity contribution is 6.35. The third-order valence-corrected chi connectivity index (χ3v) is 2.51. The van der Waals surface area contributed by atoms with E-state index in [1.165, 1.54) is 0 Å². The van der Waals surface area contributed by atoms with Crippen molar-refractivity contribution >= 4 is 23.2 Å². The monoisotopic (exact) mass is 233 g/mol. The Morgan fingerprint density at radius 3 is 2.43 bits per heavy atom. The summed E-state index contributed by atoms with van der Waals surface area (Å²) >= 11 is 11.9. The van der Waals surface area contributed by atoms with Gasteiger partial charge in [0.25, 0.3) is 0 Å². The van der Waals surface area contributed by atoms with Gasteiger partial charge in [-0.3, -0.25) is 0 Å². The average molecular weight is 234 g/mol. The Bertz CT molecular complexity index is 282. The summed E-state index contributed by atoms with van der Waals surface area (Å²) in [6.45, 7) is 2.83. The van der Waals surface area contributed by atoms with Crippen LogP contribution in [0.25, 0.3) is 0 Å². The molecule has 0 saturated carbocycles. The van der Waals surface area contributed by atoms with Gasteiger partial charge >= 0.3 is 0 Å². The number of aliphatic hydroxyl groups excluding tert-OH is 1. The molecule has 2 nitrogen and oxygen atoms in total. The standard InChI is InChI=1S/C10H13Cl2NO/c1-7(14)5-13-6-8-9(11)3-2-4-10(8)12/h2-4,7,13-14H,5-6H2,1H3/t7-/m1/s1. The highest BCUT2D eigenvalue weighted by Crippen LogP contribution is 2.23. The molecular weight excluding hydrogens is 221 g/mol. The van der Waals surface area contributed by atoms with E-state index >= 15 is 0 Å². The van der Waals surface area contributed by atoms with Gasteiger partial charge in [0.15, 0.2) is 0 Å². The van der Waals surface area contributed by atoms with Crippen molar-refractivity contribution in [3.05, 3.63) is 33.8 Å². The van der Waals surface area contributed by atoms with E-state index in [9.17, 15) is 0 Å². The van der Waals surface area contributed by atoms with E-state index in [2.05, 4.69) is 5.32 Å². The van der Waals surface area contributed by atoms with E-state index in [1.54, 1.807) is 19.1 Å². The molecule has 2 N–H and O–H groups in total. The second-order valence-electron chi connectivity index (χ2n) is 3.18. The smallest absolute Gasteiger partial charge is 0.0636 e. The first-order valence-corrected chi connectivity index (χ1v) is 5.18. The minimum Gasteiger partial charge on any atom is -0.392 e. The lowest BCUT2D eigenvalue weighted by Gasteiger charge is -2.09. The maximum atomic E-state index is 9.04. The van der Waals surface area contributed by atoms with Gasteiger partial charge in [-0.2, -0.15) is 0 Å². The van der Waals surface area contributed by atoms with Crippen LogP contribution in [0.1, 0.15) is 12.5 Å². The molecule has 4 heteroatoms. The first-order valence-electron chi connectivity index (χ1n) is 4.43. The lowest BCUT2D eigenvalue weighted by molar-refractivity contribution is 0.191. The van der Waals surface area contributed by atoms with Crippen LogP contribution in [0.3, 0.4) is 0 Å². The molecule has 0 fully saturated rings. The predicted octanol–water partition coefficient (Wildman–Crippen LogP) is 2.46. The predicted molar refractivity (Wildman–Crippen MR) is 59.8 cm³/mol. The van der Waals surface area contributed by atoms with Gasteiger partial charge in [0.1, 0.15) is 0 Å². The molecule has 0 radical (unpaired) electrons. The number of hydrogen-bond acceptors (Lipinski definition) is 2. The molecule has 0 bridgehead atoms. The largest absolute Gasteiger partial charge is 0.392 e. The molecule has 0 unspecified atom stereocenters. The molecule has 1 aromatic rings. The van der Waals surface area contributed by atoms with Crippen LogP contribution in [0, 0.1) is 0 Å². The molecule has 0 heterocycles. The van der Waals surface area contributed by atoms with Gasteiger partial charge in [0.2, 0.25) is 0 Å². The van der Waals surface area contributed by atoms with Crippen molar-refractivity contribution in [2.45, 2.75) is 19.6 Å². The van der Waals surface area contributed by atoms with E-state index < -0.39 is 0 Å². The van der Waals surface area contributed by atoms with Gasteiger partial charge in [0.05, 0.1) is 6.10 Å². The fourth-order valence-corrected chi connectivity index (χ4v) is 1.64. The van der Waals surface area contributed by atoms with Crippen molar-refractivity contribution in [1.82, 2.24) is 5.32 Å². The van der Waals surface area contributed by atoms with Gasteiger partial charge in [-0.15, -0.1) is 0 Å². The van der Waals surface area contributed by atoms with Crippen LogP contribution >= 0.6 is 23.2 Å². The molecule has 0 amide bonds. The van der Waals surface area contributed by atoms with E-state index in [0.29, 0.717) is 23.1 Å². The Hall–Kier alpha value is -0.280. The molecule has 0 aromatic heterocycles. The Labute approximate surface area is 93.8 Å². The van der Waals surface area contributed by atoms with Crippen LogP contribution in [-0.2, 0) is 6.54 Å². The number of rotatable bonds is 4. The minimum atomic E-state index is -0.365.